The summed E-state index contributed by atoms with van der Waals surface area (Å²) in [6.45, 7) is 3.54. The molecule has 0 saturated carbocycles. The second-order valence-electron chi connectivity index (χ2n) is 3.96. The van der Waals surface area contributed by atoms with Crippen LogP contribution in [0.2, 0.25) is 0 Å². The minimum Gasteiger partial charge on any atom is -0.496 e. The van der Waals surface area contributed by atoms with E-state index in [-0.39, 0.29) is 18.1 Å². The maximum atomic E-state index is 11.6. The van der Waals surface area contributed by atoms with Crippen LogP contribution in [0.4, 0.5) is 5.69 Å². The lowest BCUT2D eigenvalue weighted by molar-refractivity contribution is -0.116. The van der Waals surface area contributed by atoms with Crippen molar-refractivity contribution in [2.24, 2.45) is 5.73 Å². The summed E-state index contributed by atoms with van der Waals surface area (Å²) in [4.78, 5) is 23.1. The smallest absolute Gasteiger partial charge is 0.225 e. The van der Waals surface area contributed by atoms with Gasteiger partial charge >= 0.3 is 0 Å². The number of ketones is 1. The van der Waals surface area contributed by atoms with Crippen LogP contribution < -0.4 is 15.8 Å². The number of amides is 1. The van der Waals surface area contributed by atoms with E-state index in [9.17, 15) is 9.59 Å². The summed E-state index contributed by atoms with van der Waals surface area (Å²) >= 11 is 0. The van der Waals surface area contributed by atoms with Crippen LogP contribution in [-0.2, 0) is 4.79 Å². The predicted molar refractivity (Wildman–Crippen MR) is 70.0 cm³/mol. The highest BCUT2D eigenvalue weighted by molar-refractivity contribution is 6.01. The van der Waals surface area contributed by atoms with E-state index in [4.69, 9.17) is 10.5 Å². The van der Waals surface area contributed by atoms with Crippen LogP contribution in [0.3, 0.4) is 0 Å². The van der Waals surface area contributed by atoms with Gasteiger partial charge in [0.05, 0.1) is 12.7 Å². The second-order valence-corrected chi connectivity index (χ2v) is 3.96. The molecule has 0 heterocycles. The van der Waals surface area contributed by atoms with Gasteiger partial charge in [0.2, 0.25) is 5.91 Å². The first-order valence-corrected chi connectivity index (χ1v) is 5.69. The standard InChI is InChI=1S/C13H18N2O3/c1-8-10(15-12(17)6-7-14)4-5-11(18-3)13(8)9(2)16/h4-5H,6-7,14H2,1-3H3,(H,15,17). The van der Waals surface area contributed by atoms with Crippen molar-refractivity contribution in [3.63, 3.8) is 0 Å². The first-order chi connectivity index (χ1) is 8.51. The summed E-state index contributed by atoms with van der Waals surface area (Å²) in [5.74, 6) is 0.247. The molecule has 18 heavy (non-hydrogen) atoms. The average molecular weight is 250 g/mol. The van der Waals surface area contributed by atoms with E-state index in [2.05, 4.69) is 5.32 Å². The molecule has 1 rings (SSSR count). The van der Waals surface area contributed by atoms with Gasteiger partial charge in [0.1, 0.15) is 5.75 Å². The Morgan fingerprint density at radius 2 is 2.06 bits per heavy atom. The number of rotatable bonds is 5. The van der Waals surface area contributed by atoms with E-state index in [1.54, 1.807) is 19.1 Å². The Bertz CT molecular complexity index is 470. The van der Waals surface area contributed by atoms with Crippen molar-refractivity contribution in [2.45, 2.75) is 20.3 Å². The van der Waals surface area contributed by atoms with E-state index in [1.807, 2.05) is 0 Å². The fourth-order valence-electron chi connectivity index (χ4n) is 1.77. The van der Waals surface area contributed by atoms with Crippen LogP contribution in [0.5, 0.6) is 5.75 Å². The Balaban J connectivity index is 3.12. The van der Waals surface area contributed by atoms with Crippen molar-refractivity contribution in [3.05, 3.63) is 23.3 Å². The molecule has 0 atom stereocenters. The van der Waals surface area contributed by atoms with Gasteiger partial charge < -0.3 is 15.8 Å². The SMILES string of the molecule is COc1ccc(NC(=O)CCN)c(C)c1C(C)=O. The molecule has 0 radical (unpaired) electrons. The number of nitrogens with two attached hydrogens (primary N) is 1. The molecule has 1 aromatic carbocycles. The van der Waals surface area contributed by atoms with E-state index < -0.39 is 0 Å². The molecule has 0 spiro atoms. The van der Waals surface area contributed by atoms with Gasteiger partial charge in [-0.05, 0) is 31.5 Å². The lowest BCUT2D eigenvalue weighted by Gasteiger charge is -2.14. The number of methoxy groups -OCH3 is 1. The zero-order valence-corrected chi connectivity index (χ0v) is 10.9. The third-order valence-electron chi connectivity index (χ3n) is 2.64. The van der Waals surface area contributed by atoms with Crippen LogP contribution in [0.25, 0.3) is 0 Å². The molecule has 5 heteroatoms. The Kier molecular flexibility index (Phi) is 4.85. The van der Waals surface area contributed by atoms with Gasteiger partial charge in [0.15, 0.2) is 5.78 Å². The van der Waals surface area contributed by atoms with Crippen molar-refractivity contribution < 1.29 is 14.3 Å². The predicted octanol–water partition coefficient (Wildman–Crippen LogP) is 1.49. The van der Waals surface area contributed by atoms with Crippen LogP contribution >= 0.6 is 0 Å². The number of carbonyl (C=O) groups is 2. The molecule has 98 valence electrons. The minimum absolute atomic E-state index is 0.0979. The second kappa shape index (κ2) is 6.16. The molecule has 0 unspecified atom stereocenters. The lowest BCUT2D eigenvalue weighted by atomic mass is 10.0. The molecular formula is C13H18N2O3. The monoisotopic (exact) mass is 250 g/mol. The number of carbonyl (C=O) groups excluding carboxylic acids is 2. The fraction of sp³-hybridized carbons (Fsp3) is 0.385. The highest BCUT2D eigenvalue weighted by Gasteiger charge is 2.15. The van der Waals surface area contributed by atoms with Crippen molar-refractivity contribution in [1.29, 1.82) is 0 Å². The molecule has 0 fully saturated rings. The number of benzene rings is 1. The van der Waals surface area contributed by atoms with Gasteiger partial charge in [-0.3, -0.25) is 9.59 Å². The van der Waals surface area contributed by atoms with E-state index in [1.165, 1.54) is 14.0 Å². The molecule has 0 bridgehead atoms. The Hall–Kier alpha value is -1.88. The van der Waals surface area contributed by atoms with Crippen molar-refractivity contribution >= 4 is 17.4 Å². The molecule has 1 aromatic rings. The van der Waals surface area contributed by atoms with Gasteiger partial charge in [-0.2, -0.15) is 0 Å². The third-order valence-corrected chi connectivity index (χ3v) is 2.64. The average Bonchev–Trinajstić information content (AvgIpc) is 2.31. The number of ether oxygens (including phenoxy) is 1. The summed E-state index contributed by atoms with van der Waals surface area (Å²) in [7, 11) is 1.51. The van der Waals surface area contributed by atoms with Crippen molar-refractivity contribution in [2.75, 3.05) is 19.0 Å². The normalized spacial score (nSPS) is 10.0. The summed E-state index contributed by atoms with van der Waals surface area (Å²) in [6.07, 6.45) is 0.251. The quantitative estimate of drug-likeness (QED) is 0.776. The summed E-state index contributed by atoms with van der Waals surface area (Å²) in [5, 5.41) is 2.73. The molecule has 0 aliphatic heterocycles. The fourth-order valence-corrected chi connectivity index (χ4v) is 1.77. The van der Waals surface area contributed by atoms with Crippen molar-refractivity contribution in [1.82, 2.24) is 0 Å². The first kappa shape index (κ1) is 14.2. The van der Waals surface area contributed by atoms with E-state index in [0.29, 0.717) is 29.1 Å². The highest BCUT2D eigenvalue weighted by atomic mass is 16.5. The molecule has 0 saturated heterocycles. The largest absolute Gasteiger partial charge is 0.496 e. The molecule has 0 aromatic heterocycles. The van der Waals surface area contributed by atoms with Gasteiger partial charge in [-0.25, -0.2) is 0 Å². The lowest BCUT2D eigenvalue weighted by Crippen LogP contribution is -2.17. The van der Waals surface area contributed by atoms with Crippen molar-refractivity contribution in [3.8, 4) is 5.75 Å². The van der Waals surface area contributed by atoms with E-state index >= 15 is 0 Å². The topological polar surface area (TPSA) is 81.4 Å². The summed E-state index contributed by atoms with van der Waals surface area (Å²) < 4.78 is 5.14. The summed E-state index contributed by atoms with van der Waals surface area (Å²) in [5.41, 5.74) is 7.11. The first-order valence-electron chi connectivity index (χ1n) is 5.69. The third kappa shape index (κ3) is 3.07. The highest BCUT2D eigenvalue weighted by Crippen LogP contribution is 2.28. The van der Waals surface area contributed by atoms with Gasteiger partial charge in [-0.1, -0.05) is 0 Å². The number of hydrogen-bond donors (Lipinski definition) is 2. The Morgan fingerprint density at radius 1 is 1.39 bits per heavy atom. The van der Waals surface area contributed by atoms with E-state index in [0.717, 1.165) is 0 Å². The Morgan fingerprint density at radius 3 is 2.56 bits per heavy atom. The number of hydrogen-bond acceptors (Lipinski definition) is 4. The number of Topliss-reactive ketones (excluding diaryl/α,β-unsaturated/α-hetero) is 1. The zero-order valence-electron chi connectivity index (χ0n) is 10.9. The number of nitrogens with one attached hydrogen (secondary N) is 1. The van der Waals surface area contributed by atoms with Gasteiger partial charge in [0.25, 0.3) is 0 Å². The molecule has 5 nitrogen and oxygen atoms in total. The molecular weight excluding hydrogens is 232 g/mol. The van der Waals surface area contributed by atoms with Crippen LogP contribution in [0, 0.1) is 6.92 Å². The van der Waals surface area contributed by atoms with Crippen LogP contribution in [0.1, 0.15) is 29.3 Å². The molecule has 0 aliphatic carbocycles. The zero-order chi connectivity index (χ0) is 13.7. The maximum Gasteiger partial charge on any atom is 0.225 e. The van der Waals surface area contributed by atoms with Gasteiger partial charge in [-0.15, -0.1) is 0 Å². The molecule has 0 aliphatic rings. The van der Waals surface area contributed by atoms with Crippen LogP contribution in [0.15, 0.2) is 12.1 Å². The minimum atomic E-state index is -0.166. The van der Waals surface area contributed by atoms with Gasteiger partial charge in [0, 0.05) is 18.7 Å². The molecule has 3 N–H and O–H groups in total. The maximum absolute atomic E-state index is 11.6. The Labute approximate surface area is 106 Å². The van der Waals surface area contributed by atoms with Crippen LogP contribution in [-0.4, -0.2) is 25.3 Å². The number of anilines is 1. The summed E-state index contributed by atoms with van der Waals surface area (Å²) in [6, 6.07) is 3.39. The molecule has 1 amide bonds.